The van der Waals surface area contributed by atoms with Crippen molar-refractivity contribution in [1.82, 2.24) is 0 Å². The Morgan fingerprint density at radius 1 is 0.926 bits per heavy atom. The molecule has 0 aromatic carbocycles. The quantitative estimate of drug-likeness (QED) is 0.223. The van der Waals surface area contributed by atoms with Gasteiger partial charge in [-0.05, 0) is 12.5 Å². The maximum absolute atomic E-state index is 11.3. The summed E-state index contributed by atoms with van der Waals surface area (Å²) in [6.45, 7) is -1.15. The molecule has 0 amide bonds. The zero-order chi connectivity index (χ0) is 21.1. The Hall–Kier alpha value is -2.53. The SMILES string of the molecule is CCCOC(C=CC(=O)O)(CO)C(C=CC(=O)O)(C=C(CO)C(=O)O)CO. The van der Waals surface area contributed by atoms with Crippen molar-refractivity contribution in [3.05, 3.63) is 36.0 Å². The Morgan fingerprint density at radius 3 is 1.85 bits per heavy atom. The van der Waals surface area contributed by atoms with Gasteiger partial charge in [0.15, 0.2) is 0 Å². The number of aliphatic hydroxyl groups is 3. The molecule has 0 spiro atoms. The molecule has 0 aliphatic carbocycles. The fourth-order valence-electron chi connectivity index (χ4n) is 2.32. The van der Waals surface area contributed by atoms with Crippen LogP contribution in [0.3, 0.4) is 0 Å². The van der Waals surface area contributed by atoms with Gasteiger partial charge in [0.05, 0.1) is 30.8 Å². The van der Waals surface area contributed by atoms with Crippen LogP contribution in [0, 0.1) is 5.41 Å². The predicted octanol–water partition coefficient (Wildman–Crippen LogP) is -0.592. The summed E-state index contributed by atoms with van der Waals surface area (Å²) in [5.41, 5.74) is -4.63. The Bertz CT molecular complexity index is 621. The highest BCUT2D eigenvalue weighted by atomic mass is 16.5. The largest absolute Gasteiger partial charge is 0.478 e. The number of aliphatic hydroxyl groups excluding tert-OH is 3. The number of carbonyl (C=O) groups is 3. The molecule has 0 aromatic rings. The van der Waals surface area contributed by atoms with Crippen LogP contribution in [0.2, 0.25) is 0 Å². The summed E-state index contributed by atoms with van der Waals surface area (Å²) in [5.74, 6) is -4.40. The van der Waals surface area contributed by atoms with E-state index in [1.54, 1.807) is 6.92 Å². The zero-order valence-electron chi connectivity index (χ0n) is 14.7. The summed E-state index contributed by atoms with van der Waals surface area (Å²) < 4.78 is 5.57. The third-order valence-electron chi connectivity index (χ3n) is 3.74. The number of rotatable bonds is 13. The van der Waals surface area contributed by atoms with E-state index in [4.69, 9.17) is 14.9 Å². The maximum atomic E-state index is 11.3. The molecular weight excluding hydrogens is 364 g/mol. The summed E-state index contributed by atoms with van der Waals surface area (Å²) in [4.78, 5) is 33.2. The molecule has 0 bridgehead atoms. The molecule has 2 atom stereocenters. The van der Waals surface area contributed by atoms with Gasteiger partial charge in [-0.15, -0.1) is 0 Å². The Labute approximate surface area is 155 Å². The van der Waals surface area contributed by atoms with Gasteiger partial charge in [-0.3, -0.25) is 0 Å². The Kier molecular flexibility index (Phi) is 10.2. The first-order valence-electron chi connectivity index (χ1n) is 7.89. The van der Waals surface area contributed by atoms with Crippen LogP contribution < -0.4 is 0 Å². The standard InChI is InChI=1S/C17H24O10/c1-2-7-27-17(11-20,6-4-14(23)24)16(10-19,5-3-13(21)22)8-12(9-18)15(25)26/h3-6,8,18-20H,2,7,9-11H2,1H3,(H,21,22)(H,23,24)(H,25,26). The highest BCUT2D eigenvalue weighted by Gasteiger charge is 2.48. The van der Waals surface area contributed by atoms with Gasteiger partial charge in [0.25, 0.3) is 0 Å². The molecule has 0 rings (SSSR count). The van der Waals surface area contributed by atoms with Crippen LogP contribution in [0.15, 0.2) is 36.0 Å². The molecule has 0 heterocycles. The van der Waals surface area contributed by atoms with Crippen molar-refractivity contribution in [2.24, 2.45) is 5.41 Å². The van der Waals surface area contributed by atoms with Crippen LogP contribution in [-0.4, -0.2) is 80.6 Å². The van der Waals surface area contributed by atoms with Crippen molar-refractivity contribution in [3.63, 3.8) is 0 Å². The summed E-state index contributed by atoms with van der Waals surface area (Å²) in [7, 11) is 0. The summed E-state index contributed by atoms with van der Waals surface area (Å²) in [6.07, 6.45) is 4.26. The topological polar surface area (TPSA) is 182 Å². The highest BCUT2D eigenvalue weighted by Crippen LogP contribution is 2.40. The molecule has 0 saturated heterocycles. The van der Waals surface area contributed by atoms with Gasteiger partial charge in [0.1, 0.15) is 5.60 Å². The van der Waals surface area contributed by atoms with Gasteiger partial charge in [-0.25, -0.2) is 14.4 Å². The minimum absolute atomic E-state index is 0.0252. The number of hydrogen-bond acceptors (Lipinski definition) is 7. The van der Waals surface area contributed by atoms with Crippen LogP contribution in [0.25, 0.3) is 0 Å². The van der Waals surface area contributed by atoms with Crippen molar-refractivity contribution in [3.8, 4) is 0 Å². The predicted molar refractivity (Wildman–Crippen MR) is 91.9 cm³/mol. The second-order valence-electron chi connectivity index (χ2n) is 5.57. The van der Waals surface area contributed by atoms with Crippen LogP contribution in [0.4, 0.5) is 0 Å². The molecule has 0 fully saturated rings. The van der Waals surface area contributed by atoms with Gasteiger partial charge in [0, 0.05) is 18.8 Å². The van der Waals surface area contributed by atoms with Crippen molar-refractivity contribution < 1.29 is 49.8 Å². The van der Waals surface area contributed by atoms with Gasteiger partial charge in [-0.1, -0.05) is 19.1 Å². The zero-order valence-corrected chi connectivity index (χ0v) is 14.7. The molecule has 0 radical (unpaired) electrons. The van der Waals surface area contributed by atoms with Crippen molar-refractivity contribution in [2.75, 3.05) is 26.4 Å². The van der Waals surface area contributed by atoms with Crippen molar-refractivity contribution in [2.45, 2.75) is 18.9 Å². The molecule has 10 nitrogen and oxygen atoms in total. The fourth-order valence-corrected chi connectivity index (χ4v) is 2.32. The second kappa shape index (κ2) is 11.2. The lowest BCUT2D eigenvalue weighted by molar-refractivity contribution is -0.134. The van der Waals surface area contributed by atoms with Crippen LogP contribution >= 0.6 is 0 Å². The van der Waals surface area contributed by atoms with E-state index < -0.39 is 54.3 Å². The molecule has 2 unspecified atom stereocenters. The monoisotopic (exact) mass is 388 g/mol. The van der Waals surface area contributed by atoms with E-state index in [2.05, 4.69) is 0 Å². The van der Waals surface area contributed by atoms with Gasteiger partial charge in [-0.2, -0.15) is 0 Å². The van der Waals surface area contributed by atoms with Crippen LogP contribution in [0.1, 0.15) is 13.3 Å². The summed E-state index contributed by atoms with van der Waals surface area (Å²) in [5, 5.41) is 56.3. The van der Waals surface area contributed by atoms with Gasteiger partial charge in [0.2, 0.25) is 0 Å². The first-order chi connectivity index (χ1) is 12.6. The lowest BCUT2D eigenvalue weighted by atomic mass is 9.70. The lowest BCUT2D eigenvalue weighted by Gasteiger charge is -2.43. The average Bonchev–Trinajstić information content (AvgIpc) is 2.62. The van der Waals surface area contributed by atoms with E-state index in [9.17, 15) is 34.8 Å². The molecule has 0 aliphatic rings. The minimum atomic E-state index is -2.02. The molecule has 6 N–H and O–H groups in total. The minimum Gasteiger partial charge on any atom is -0.478 e. The van der Waals surface area contributed by atoms with E-state index in [0.29, 0.717) is 18.6 Å². The van der Waals surface area contributed by atoms with E-state index >= 15 is 0 Å². The molecule has 0 saturated carbocycles. The van der Waals surface area contributed by atoms with Gasteiger partial charge < -0.3 is 35.4 Å². The molecule has 27 heavy (non-hydrogen) atoms. The first-order valence-corrected chi connectivity index (χ1v) is 7.89. The first kappa shape index (κ1) is 24.5. The molecule has 0 aromatic heterocycles. The fraction of sp³-hybridized carbons (Fsp3) is 0.471. The summed E-state index contributed by atoms with van der Waals surface area (Å²) in [6, 6.07) is 0. The molecule has 152 valence electrons. The number of hydrogen-bond donors (Lipinski definition) is 6. The number of aliphatic carboxylic acids is 3. The van der Waals surface area contributed by atoms with Crippen molar-refractivity contribution >= 4 is 17.9 Å². The van der Waals surface area contributed by atoms with Gasteiger partial charge >= 0.3 is 17.9 Å². The highest BCUT2D eigenvalue weighted by molar-refractivity contribution is 5.87. The third-order valence-corrected chi connectivity index (χ3v) is 3.74. The number of ether oxygens (including phenoxy) is 1. The lowest BCUT2D eigenvalue weighted by Crippen LogP contribution is -2.53. The smallest absolute Gasteiger partial charge is 0.333 e. The Balaban J connectivity index is 6.85. The second-order valence-corrected chi connectivity index (χ2v) is 5.57. The van der Waals surface area contributed by atoms with E-state index in [1.807, 2.05) is 0 Å². The third kappa shape index (κ3) is 6.61. The van der Waals surface area contributed by atoms with Crippen LogP contribution in [-0.2, 0) is 19.1 Å². The molecule has 0 aliphatic heterocycles. The van der Waals surface area contributed by atoms with E-state index in [-0.39, 0.29) is 6.61 Å². The average molecular weight is 388 g/mol. The summed E-state index contributed by atoms with van der Waals surface area (Å²) >= 11 is 0. The number of carboxylic acids is 3. The number of carboxylic acid groups (broad SMARTS) is 3. The van der Waals surface area contributed by atoms with Crippen LogP contribution in [0.5, 0.6) is 0 Å². The Morgan fingerprint density at radius 2 is 1.48 bits per heavy atom. The molecule has 10 heteroatoms. The molecular formula is C17H24O10. The normalized spacial score (nSPS) is 17.0. The van der Waals surface area contributed by atoms with Crippen molar-refractivity contribution in [1.29, 1.82) is 0 Å². The van der Waals surface area contributed by atoms with E-state index in [1.165, 1.54) is 0 Å². The maximum Gasteiger partial charge on any atom is 0.333 e. The van der Waals surface area contributed by atoms with E-state index in [0.717, 1.165) is 18.2 Å².